The molecule has 0 aliphatic heterocycles. The van der Waals surface area contributed by atoms with Crippen molar-refractivity contribution in [2.24, 2.45) is 34.2 Å². The molecule has 0 aromatic carbocycles. The molecule has 0 saturated heterocycles. The Morgan fingerprint density at radius 1 is 1.27 bits per heavy atom. The molecular weight excluding hydrogens is 186 g/mol. The third-order valence-electron chi connectivity index (χ3n) is 5.57. The van der Waals surface area contributed by atoms with Gasteiger partial charge in [0.1, 0.15) is 0 Å². The molecule has 3 fully saturated rings. The van der Waals surface area contributed by atoms with Crippen LogP contribution < -0.4 is 0 Å². The highest BCUT2D eigenvalue weighted by molar-refractivity contribution is 5.96. The Hall–Kier alpha value is -0.790. The molecule has 5 unspecified atom stereocenters. The number of rotatable bonds is 0. The molecule has 15 heavy (non-hydrogen) atoms. The number of allylic oxidation sites excluding steroid dienone is 2. The summed E-state index contributed by atoms with van der Waals surface area (Å²) in [5.74, 6) is 2.93. The van der Waals surface area contributed by atoms with Crippen LogP contribution in [0.25, 0.3) is 0 Å². The summed E-state index contributed by atoms with van der Waals surface area (Å²) in [5.41, 5.74) is 1.48. The van der Waals surface area contributed by atoms with Crippen molar-refractivity contribution in [3.63, 3.8) is 0 Å². The first-order chi connectivity index (χ1) is 7.34. The zero-order valence-corrected chi connectivity index (χ0v) is 8.89. The second-order valence-electron chi connectivity index (χ2n) is 5.92. The summed E-state index contributed by atoms with van der Waals surface area (Å²) in [6.07, 6.45) is 11.3. The minimum absolute atomic E-state index is 0.303. The van der Waals surface area contributed by atoms with Crippen LogP contribution in [0.15, 0.2) is 17.3 Å². The van der Waals surface area contributed by atoms with Gasteiger partial charge in [-0.25, -0.2) is 0 Å². The molecule has 5 atom stereocenters. The summed E-state index contributed by atoms with van der Waals surface area (Å²) in [6.45, 7) is 0. The van der Waals surface area contributed by atoms with E-state index in [1.165, 1.54) is 37.8 Å². The quantitative estimate of drug-likeness (QED) is 0.366. The van der Waals surface area contributed by atoms with Crippen LogP contribution in [0.4, 0.5) is 0 Å². The molecule has 0 radical (unpaired) electrons. The van der Waals surface area contributed by atoms with E-state index in [2.05, 4.69) is 17.3 Å². The van der Waals surface area contributed by atoms with Crippen LogP contribution in [0.1, 0.15) is 32.1 Å². The second kappa shape index (κ2) is 2.47. The summed E-state index contributed by atoms with van der Waals surface area (Å²) in [7, 11) is 0. The van der Waals surface area contributed by atoms with Crippen molar-refractivity contribution >= 4 is 5.71 Å². The molecule has 0 amide bonds. The Morgan fingerprint density at radius 3 is 2.87 bits per heavy atom. The molecule has 4 rings (SSSR count). The maximum atomic E-state index is 9.31. The van der Waals surface area contributed by atoms with Crippen LogP contribution in [0, 0.1) is 29.1 Å². The highest BCUT2D eigenvalue weighted by atomic mass is 16.4. The Balaban J connectivity index is 1.85. The van der Waals surface area contributed by atoms with Gasteiger partial charge in [-0.3, -0.25) is 0 Å². The van der Waals surface area contributed by atoms with Crippen LogP contribution in [-0.2, 0) is 0 Å². The second-order valence-corrected chi connectivity index (χ2v) is 5.92. The highest BCUT2D eigenvalue weighted by Gasteiger charge is 2.63. The van der Waals surface area contributed by atoms with Gasteiger partial charge < -0.3 is 5.21 Å². The first-order valence-corrected chi connectivity index (χ1v) is 6.25. The third-order valence-corrected chi connectivity index (χ3v) is 5.57. The summed E-state index contributed by atoms with van der Waals surface area (Å²) in [4.78, 5) is 0. The van der Waals surface area contributed by atoms with Gasteiger partial charge in [0.05, 0.1) is 5.71 Å². The minimum atomic E-state index is 0.303. The number of fused-ring (bicyclic) bond motifs is 6. The molecular formula is C13H17NO. The van der Waals surface area contributed by atoms with E-state index in [0.29, 0.717) is 17.3 Å². The fourth-order valence-corrected chi connectivity index (χ4v) is 5.12. The van der Waals surface area contributed by atoms with Crippen molar-refractivity contribution in [1.82, 2.24) is 0 Å². The predicted octanol–water partition coefficient (Wildman–Crippen LogP) is 2.83. The van der Waals surface area contributed by atoms with Crippen LogP contribution >= 0.6 is 0 Å². The zero-order chi connectivity index (χ0) is 10.0. The van der Waals surface area contributed by atoms with Crippen LogP contribution in [0.5, 0.6) is 0 Å². The molecule has 0 heterocycles. The number of oxime groups is 1. The summed E-state index contributed by atoms with van der Waals surface area (Å²) >= 11 is 0. The average molecular weight is 203 g/mol. The van der Waals surface area contributed by atoms with Crippen molar-refractivity contribution in [2.75, 3.05) is 0 Å². The molecule has 2 nitrogen and oxygen atoms in total. The van der Waals surface area contributed by atoms with Gasteiger partial charge in [0, 0.05) is 11.3 Å². The van der Waals surface area contributed by atoms with Crippen molar-refractivity contribution in [1.29, 1.82) is 0 Å². The fraction of sp³-hybridized carbons (Fsp3) is 0.769. The first kappa shape index (κ1) is 8.37. The number of hydrogen-bond donors (Lipinski definition) is 1. The molecule has 3 saturated carbocycles. The van der Waals surface area contributed by atoms with Crippen LogP contribution in [0.2, 0.25) is 0 Å². The van der Waals surface area contributed by atoms with Crippen molar-refractivity contribution in [3.05, 3.63) is 12.2 Å². The average Bonchev–Trinajstić information content (AvgIpc) is 2.95. The van der Waals surface area contributed by atoms with Crippen LogP contribution in [-0.4, -0.2) is 10.9 Å². The molecule has 0 aromatic rings. The van der Waals surface area contributed by atoms with E-state index in [9.17, 15) is 5.21 Å². The van der Waals surface area contributed by atoms with Gasteiger partial charge in [-0.15, -0.1) is 0 Å². The standard InChI is InChI=1S/C13H17NO/c15-14-12-9-2-4-11(6-9)13(12)7-8-1-3-10(13)5-8/h1,3,8-11,15H,2,4-7H2. The van der Waals surface area contributed by atoms with Gasteiger partial charge in [-0.1, -0.05) is 17.3 Å². The van der Waals surface area contributed by atoms with E-state index in [4.69, 9.17) is 0 Å². The van der Waals surface area contributed by atoms with Crippen molar-refractivity contribution in [2.45, 2.75) is 32.1 Å². The van der Waals surface area contributed by atoms with Crippen molar-refractivity contribution < 1.29 is 5.21 Å². The maximum absolute atomic E-state index is 9.31. The molecule has 0 aromatic heterocycles. The molecule has 80 valence electrons. The molecule has 4 aliphatic carbocycles. The van der Waals surface area contributed by atoms with E-state index in [0.717, 1.165) is 11.8 Å². The largest absolute Gasteiger partial charge is 0.411 e. The Morgan fingerprint density at radius 2 is 2.20 bits per heavy atom. The predicted molar refractivity (Wildman–Crippen MR) is 57.8 cm³/mol. The van der Waals surface area contributed by atoms with Gasteiger partial charge in [0.2, 0.25) is 0 Å². The third kappa shape index (κ3) is 0.777. The number of nitrogens with zero attached hydrogens (tertiary/aromatic N) is 1. The fourth-order valence-electron chi connectivity index (χ4n) is 5.12. The van der Waals surface area contributed by atoms with E-state index in [-0.39, 0.29) is 0 Å². The SMILES string of the molecule is ON=C1C2CCC(C2)C12CC1C=CC2C1. The number of hydrogen-bond acceptors (Lipinski definition) is 2. The maximum Gasteiger partial charge on any atom is 0.0672 e. The smallest absolute Gasteiger partial charge is 0.0672 e. The van der Waals surface area contributed by atoms with E-state index in [1.54, 1.807) is 0 Å². The lowest BCUT2D eigenvalue weighted by atomic mass is 9.64. The Bertz CT molecular complexity index is 373. The Labute approximate surface area is 90.0 Å². The molecule has 1 spiro atoms. The van der Waals surface area contributed by atoms with Crippen molar-refractivity contribution in [3.8, 4) is 0 Å². The van der Waals surface area contributed by atoms with Gasteiger partial charge in [-0.2, -0.15) is 0 Å². The summed E-state index contributed by atoms with van der Waals surface area (Å²) < 4.78 is 0. The van der Waals surface area contributed by atoms with Gasteiger partial charge >= 0.3 is 0 Å². The zero-order valence-electron chi connectivity index (χ0n) is 8.89. The Kier molecular flexibility index (Phi) is 1.38. The monoisotopic (exact) mass is 203 g/mol. The van der Waals surface area contributed by atoms with E-state index < -0.39 is 0 Å². The summed E-state index contributed by atoms with van der Waals surface area (Å²) in [5, 5.41) is 13.0. The van der Waals surface area contributed by atoms with Gasteiger partial charge in [0.15, 0.2) is 0 Å². The molecule has 4 aliphatic rings. The lowest BCUT2D eigenvalue weighted by Crippen LogP contribution is -2.40. The normalized spacial score (nSPS) is 57.7. The topological polar surface area (TPSA) is 32.6 Å². The highest BCUT2D eigenvalue weighted by Crippen LogP contribution is 2.66. The molecule has 4 bridgehead atoms. The lowest BCUT2D eigenvalue weighted by Gasteiger charge is -2.39. The first-order valence-electron chi connectivity index (χ1n) is 6.25. The van der Waals surface area contributed by atoms with Gasteiger partial charge in [0.25, 0.3) is 0 Å². The lowest BCUT2D eigenvalue weighted by molar-refractivity contribution is 0.213. The molecule has 1 N–H and O–H groups in total. The van der Waals surface area contributed by atoms with E-state index >= 15 is 0 Å². The summed E-state index contributed by atoms with van der Waals surface area (Å²) in [6, 6.07) is 0. The van der Waals surface area contributed by atoms with E-state index in [1.807, 2.05) is 0 Å². The molecule has 2 heteroatoms. The van der Waals surface area contributed by atoms with Gasteiger partial charge in [-0.05, 0) is 49.9 Å². The van der Waals surface area contributed by atoms with Crippen LogP contribution in [0.3, 0.4) is 0 Å². The minimum Gasteiger partial charge on any atom is -0.411 e.